The molecule has 0 saturated carbocycles. The molecule has 0 aliphatic rings. The van der Waals surface area contributed by atoms with Gasteiger partial charge in [-0.2, -0.15) is 4.99 Å². The summed E-state index contributed by atoms with van der Waals surface area (Å²) in [5.41, 5.74) is 0.0162. The number of phenolic OH excluding ortho intramolecular Hbond substituents is 1. The first-order chi connectivity index (χ1) is 5.65. The van der Waals surface area contributed by atoms with Gasteiger partial charge in [-0.15, -0.1) is 0 Å². The van der Waals surface area contributed by atoms with Crippen molar-refractivity contribution in [2.24, 2.45) is 4.99 Å². The third-order valence-corrected chi connectivity index (χ3v) is 1.68. The number of carbonyl (C=O) groups excluding carboxylic acids is 1. The van der Waals surface area contributed by atoms with Crippen molar-refractivity contribution < 1.29 is 9.90 Å². The molecule has 0 atom stereocenters. The van der Waals surface area contributed by atoms with E-state index in [2.05, 4.69) is 4.99 Å². The molecule has 3 nitrogen and oxygen atoms in total. The van der Waals surface area contributed by atoms with Crippen LogP contribution in [0, 0.1) is 0 Å². The second-order valence-electron chi connectivity index (χ2n) is 1.96. The maximum atomic E-state index is 9.86. The van der Waals surface area contributed by atoms with Crippen molar-refractivity contribution in [1.82, 2.24) is 0 Å². The zero-order valence-corrected chi connectivity index (χ0v) is 7.23. The van der Waals surface area contributed by atoms with E-state index in [-0.39, 0.29) is 16.5 Å². The van der Waals surface area contributed by atoms with E-state index in [1.165, 1.54) is 18.2 Å². The maximum Gasteiger partial charge on any atom is 0.240 e. The van der Waals surface area contributed by atoms with Gasteiger partial charge in [-0.3, -0.25) is 0 Å². The minimum absolute atomic E-state index is 0.0162. The first kappa shape index (κ1) is 9.07. The van der Waals surface area contributed by atoms with Gasteiger partial charge in [-0.1, -0.05) is 23.2 Å². The van der Waals surface area contributed by atoms with Crippen LogP contribution in [0.15, 0.2) is 17.1 Å². The van der Waals surface area contributed by atoms with Gasteiger partial charge in [0.2, 0.25) is 6.08 Å². The molecule has 1 rings (SSSR count). The first-order valence-electron chi connectivity index (χ1n) is 2.91. The first-order valence-corrected chi connectivity index (χ1v) is 3.66. The highest BCUT2D eigenvalue weighted by atomic mass is 35.5. The van der Waals surface area contributed by atoms with E-state index in [0.717, 1.165) is 0 Å². The summed E-state index contributed by atoms with van der Waals surface area (Å²) in [6, 6.07) is 2.66. The Bertz CT molecular complexity index is 359. The molecule has 0 radical (unpaired) electrons. The highest BCUT2D eigenvalue weighted by Gasteiger charge is 2.06. The van der Waals surface area contributed by atoms with Crippen LogP contribution in [0.25, 0.3) is 0 Å². The maximum absolute atomic E-state index is 9.86. The summed E-state index contributed by atoms with van der Waals surface area (Å²) in [4.78, 5) is 13.1. The molecule has 62 valence electrons. The van der Waals surface area contributed by atoms with Gasteiger partial charge in [0.25, 0.3) is 0 Å². The number of hydrogen-bond acceptors (Lipinski definition) is 3. The standard InChI is InChI=1S/C7H3Cl2NO2/c8-4-1-5(9)7(12)6(2-4)10-3-11/h1-2,12H. The lowest BCUT2D eigenvalue weighted by Crippen LogP contribution is -1.71. The summed E-state index contributed by atoms with van der Waals surface area (Å²) in [6.07, 6.45) is 1.28. The number of halogens is 2. The predicted octanol–water partition coefficient (Wildman–Crippen LogP) is 2.67. The molecule has 0 aliphatic carbocycles. The second kappa shape index (κ2) is 3.59. The number of hydrogen-bond donors (Lipinski definition) is 1. The van der Waals surface area contributed by atoms with E-state index in [1.54, 1.807) is 0 Å². The van der Waals surface area contributed by atoms with Gasteiger partial charge in [0.1, 0.15) is 5.69 Å². The number of benzene rings is 1. The van der Waals surface area contributed by atoms with Gasteiger partial charge in [-0.25, -0.2) is 4.79 Å². The molecule has 0 aliphatic heterocycles. The van der Waals surface area contributed by atoms with Crippen LogP contribution in [0.5, 0.6) is 5.75 Å². The van der Waals surface area contributed by atoms with Crippen molar-refractivity contribution in [2.45, 2.75) is 0 Å². The minimum atomic E-state index is -0.274. The zero-order valence-electron chi connectivity index (χ0n) is 5.71. The van der Waals surface area contributed by atoms with Crippen LogP contribution in [0.2, 0.25) is 10.0 Å². The summed E-state index contributed by atoms with van der Waals surface area (Å²) in [7, 11) is 0. The van der Waals surface area contributed by atoms with E-state index in [1.807, 2.05) is 0 Å². The van der Waals surface area contributed by atoms with E-state index in [4.69, 9.17) is 23.2 Å². The van der Waals surface area contributed by atoms with Crippen molar-refractivity contribution >= 4 is 35.0 Å². The molecule has 0 aromatic heterocycles. The molecule has 0 amide bonds. The molecule has 0 fully saturated rings. The third kappa shape index (κ3) is 1.77. The smallest absolute Gasteiger partial charge is 0.240 e. The topological polar surface area (TPSA) is 49.7 Å². The summed E-state index contributed by atoms with van der Waals surface area (Å²) in [5.74, 6) is -0.274. The molecule has 0 heterocycles. The lowest BCUT2D eigenvalue weighted by Gasteiger charge is -1.99. The van der Waals surface area contributed by atoms with Gasteiger partial charge in [0.15, 0.2) is 5.75 Å². The Labute approximate surface area is 78.3 Å². The molecule has 5 heteroatoms. The van der Waals surface area contributed by atoms with E-state index in [0.29, 0.717) is 5.02 Å². The monoisotopic (exact) mass is 203 g/mol. The average Bonchev–Trinajstić information content (AvgIpc) is 2.00. The van der Waals surface area contributed by atoms with Crippen LogP contribution in [0.1, 0.15) is 0 Å². The zero-order chi connectivity index (χ0) is 9.14. The number of isocyanates is 1. The SMILES string of the molecule is O=C=Nc1cc(Cl)cc(Cl)c1O. The number of nitrogens with zero attached hydrogens (tertiary/aromatic N) is 1. The van der Waals surface area contributed by atoms with Crippen molar-refractivity contribution in [3.8, 4) is 5.75 Å². The van der Waals surface area contributed by atoms with Crippen molar-refractivity contribution in [1.29, 1.82) is 0 Å². The fourth-order valence-electron chi connectivity index (χ4n) is 0.687. The van der Waals surface area contributed by atoms with E-state index in [9.17, 15) is 9.90 Å². The lowest BCUT2D eigenvalue weighted by molar-refractivity contribution is 0.477. The van der Waals surface area contributed by atoms with Crippen LogP contribution in [0.4, 0.5) is 5.69 Å². The molecule has 0 bridgehead atoms. The molecule has 0 spiro atoms. The Morgan fingerprint density at radius 1 is 1.42 bits per heavy atom. The van der Waals surface area contributed by atoms with Crippen LogP contribution in [-0.2, 0) is 4.79 Å². The van der Waals surface area contributed by atoms with Gasteiger partial charge >= 0.3 is 0 Å². The normalized spacial score (nSPS) is 9.17. The lowest BCUT2D eigenvalue weighted by atomic mass is 10.3. The van der Waals surface area contributed by atoms with Crippen molar-refractivity contribution in [3.05, 3.63) is 22.2 Å². The summed E-state index contributed by atoms with van der Waals surface area (Å²) >= 11 is 11.1. The fourth-order valence-corrected chi connectivity index (χ4v) is 1.17. The van der Waals surface area contributed by atoms with Crippen LogP contribution in [0.3, 0.4) is 0 Å². The Kier molecular flexibility index (Phi) is 2.71. The number of aliphatic imine (C=N–C) groups is 1. The predicted molar refractivity (Wildman–Crippen MR) is 45.9 cm³/mol. The second-order valence-corrected chi connectivity index (χ2v) is 2.80. The highest BCUT2D eigenvalue weighted by Crippen LogP contribution is 2.36. The quantitative estimate of drug-likeness (QED) is 0.564. The summed E-state index contributed by atoms with van der Waals surface area (Å²) < 4.78 is 0. The summed E-state index contributed by atoms with van der Waals surface area (Å²) in [5, 5.41) is 9.54. The molecule has 1 N–H and O–H groups in total. The van der Waals surface area contributed by atoms with Gasteiger partial charge in [0, 0.05) is 5.02 Å². The number of rotatable bonds is 1. The Morgan fingerprint density at radius 2 is 2.08 bits per heavy atom. The molecule has 1 aromatic rings. The Hall–Kier alpha value is -1.02. The average molecular weight is 204 g/mol. The largest absolute Gasteiger partial charge is 0.504 e. The molecular weight excluding hydrogens is 201 g/mol. The molecule has 12 heavy (non-hydrogen) atoms. The van der Waals surface area contributed by atoms with Crippen LogP contribution < -0.4 is 0 Å². The molecule has 0 unspecified atom stereocenters. The van der Waals surface area contributed by atoms with Crippen LogP contribution >= 0.6 is 23.2 Å². The fraction of sp³-hybridized carbons (Fsp3) is 0. The van der Waals surface area contributed by atoms with Gasteiger partial charge in [-0.05, 0) is 12.1 Å². The summed E-state index contributed by atoms with van der Waals surface area (Å²) in [6.45, 7) is 0. The van der Waals surface area contributed by atoms with Gasteiger partial charge < -0.3 is 5.11 Å². The van der Waals surface area contributed by atoms with E-state index < -0.39 is 0 Å². The molecular formula is C7H3Cl2NO2. The Balaban J connectivity index is 3.36. The molecule has 0 saturated heterocycles. The minimum Gasteiger partial charge on any atom is -0.504 e. The third-order valence-electron chi connectivity index (χ3n) is 1.17. The highest BCUT2D eigenvalue weighted by molar-refractivity contribution is 6.36. The van der Waals surface area contributed by atoms with Crippen LogP contribution in [-0.4, -0.2) is 11.2 Å². The van der Waals surface area contributed by atoms with Crippen molar-refractivity contribution in [2.75, 3.05) is 0 Å². The Morgan fingerprint density at radius 3 is 2.67 bits per heavy atom. The van der Waals surface area contributed by atoms with Gasteiger partial charge in [0.05, 0.1) is 5.02 Å². The number of aromatic hydroxyl groups is 1. The molecule has 1 aromatic carbocycles. The van der Waals surface area contributed by atoms with Crippen molar-refractivity contribution in [3.63, 3.8) is 0 Å². The van der Waals surface area contributed by atoms with E-state index >= 15 is 0 Å². The number of phenols is 1.